The highest BCUT2D eigenvalue weighted by molar-refractivity contribution is 6.05. The summed E-state index contributed by atoms with van der Waals surface area (Å²) in [5.74, 6) is -0.715. The number of carbonyl (C=O) groups excluding carboxylic acids is 2. The Labute approximate surface area is 138 Å². The molecular formula is C17H16N5O2. The fourth-order valence-corrected chi connectivity index (χ4v) is 2.40. The summed E-state index contributed by atoms with van der Waals surface area (Å²) in [7, 11) is 0. The Bertz CT molecular complexity index is 873. The molecule has 2 aromatic heterocycles. The van der Waals surface area contributed by atoms with E-state index in [1.807, 2.05) is 18.2 Å². The van der Waals surface area contributed by atoms with Gasteiger partial charge in [0.15, 0.2) is 0 Å². The maximum Gasteiger partial charge on any atom is 0.250 e. The van der Waals surface area contributed by atoms with Gasteiger partial charge in [0.05, 0.1) is 23.7 Å². The van der Waals surface area contributed by atoms with E-state index in [0.29, 0.717) is 24.0 Å². The normalized spacial score (nSPS) is 10.7. The topological polar surface area (TPSA) is 114 Å². The summed E-state index contributed by atoms with van der Waals surface area (Å²) in [4.78, 5) is 27.4. The summed E-state index contributed by atoms with van der Waals surface area (Å²) in [6.07, 6.45) is 6.90. The van der Waals surface area contributed by atoms with Crippen molar-refractivity contribution >= 4 is 22.7 Å². The minimum Gasteiger partial charge on any atom is -0.366 e. The van der Waals surface area contributed by atoms with E-state index in [9.17, 15) is 9.59 Å². The van der Waals surface area contributed by atoms with E-state index in [4.69, 9.17) is 5.73 Å². The number of pyridine rings is 1. The van der Waals surface area contributed by atoms with Crippen molar-refractivity contribution in [1.29, 1.82) is 0 Å². The van der Waals surface area contributed by atoms with Crippen LogP contribution in [0.2, 0.25) is 0 Å². The van der Waals surface area contributed by atoms with Gasteiger partial charge in [-0.15, -0.1) is 0 Å². The van der Waals surface area contributed by atoms with Crippen molar-refractivity contribution in [2.45, 2.75) is 13.0 Å². The third-order valence-electron chi connectivity index (χ3n) is 3.61. The van der Waals surface area contributed by atoms with Gasteiger partial charge >= 0.3 is 0 Å². The van der Waals surface area contributed by atoms with Gasteiger partial charge in [0.25, 0.3) is 5.91 Å². The maximum atomic E-state index is 11.9. The minimum absolute atomic E-state index is 0.181. The second-order valence-corrected chi connectivity index (χ2v) is 5.32. The zero-order chi connectivity index (χ0) is 16.9. The first kappa shape index (κ1) is 15.7. The van der Waals surface area contributed by atoms with Crippen molar-refractivity contribution in [3.63, 3.8) is 0 Å². The number of benzene rings is 1. The average molecular weight is 322 g/mol. The largest absolute Gasteiger partial charge is 0.366 e. The van der Waals surface area contributed by atoms with Gasteiger partial charge in [0.2, 0.25) is 5.91 Å². The monoisotopic (exact) mass is 322 g/mol. The van der Waals surface area contributed by atoms with Crippen molar-refractivity contribution in [1.82, 2.24) is 20.5 Å². The van der Waals surface area contributed by atoms with Crippen molar-refractivity contribution in [2.75, 3.05) is 0 Å². The first-order valence-corrected chi connectivity index (χ1v) is 7.39. The molecule has 0 bridgehead atoms. The Morgan fingerprint density at radius 2 is 2.00 bits per heavy atom. The molecule has 121 valence electrons. The van der Waals surface area contributed by atoms with Crippen LogP contribution in [0, 0.1) is 6.42 Å². The summed E-state index contributed by atoms with van der Waals surface area (Å²) < 4.78 is 0. The van der Waals surface area contributed by atoms with Crippen LogP contribution >= 0.6 is 0 Å². The number of hydrogen-bond acceptors (Lipinski definition) is 4. The van der Waals surface area contributed by atoms with Crippen LogP contribution in [0.3, 0.4) is 0 Å². The molecule has 1 aromatic carbocycles. The number of nitrogens with two attached hydrogens (primary N) is 1. The number of carbonyl (C=O) groups is 2. The molecule has 0 fully saturated rings. The van der Waals surface area contributed by atoms with E-state index in [1.54, 1.807) is 24.7 Å². The number of fused-ring (bicyclic) bond motifs is 1. The lowest BCUT2D eigenvalue weighted by Crippen LogP contribution is -2.23. The van der Waals surface area contributed by atoms with E-state index >= 15 is 0 Å². The van der Waals surface area contributed by atoms with E-state index in [2.05, 4.69) is 20.5 Å². The number of rotatable bonds is 6. The summed E-state index contributed by atoms with van der Waals surface area (Å²) in [6.45, 7) is 0.436. The third kappa shape index (κ3) is 3.57. The van der Waals surface area contributed by atoms with E-state index in [1.165, 1.54) is 6.42 Å². The van der Waals surface area contributed by atoms with Crippen LogP contribution in [0.4, 0.5) is 0 Å². The predicted molar refractivity (Wildman–Crippen MR) is 88.7 cm³/mol. The molecule has 3 rings (SSSR count). The van der Waals surface area contributed by atoms with Gasteiger partial charge in [-0.1, -0.05) is 0 Å². The summed E-state index contributed by atoms with van der Waals surface area (Å²) in [5.41, 5.74) is 8.16. The van der Waals surface area contributed by atoms with E-state index in [0.717, 1.165) is 16.5 Å². The fourth-order valence-electron chi connectivity index (χ4n) is 2.40. The molecule has 4 N–H and O–H groups in total. The number of aromatic nitrogens is 3. The second-order valence-electron chi connectivity index (χ2n) is 5.32. The van der Waals surface area contributed by atoms with Gasteiger partial charge in [-0.25, -0.2) is 0 Å². The lowest BCUT2D eigenvalue weighted by Gasteiger charge is -2.06. The lowest BCUT2D eigenvalue weighted by molar-refractivity contribution is -0.118. The Balaban J connectivity index is 1.63. The number of primary amides is 1. The first-order valence-electron chi connectivity index (χ1n) is 7.39. The Kier molecular flexibility index (Phi) is 4.51. The second kappa shape index (κ2) is 6.91. The number of nitrogens with zero attached hydrogens (tertiary/aromatic N) is 2. The highest BCUT2D eigenvalue weighted by atomic mass is 16.1. The van der Waals surface area contributed by atoms with Crippen LogP contribution in [0.15, 0.2) is 42.9 Å². The molecule has 0 aliphatic rings. The molecule has 2 amide bonds. The van der Waals surface area contributed by atoms with Crippen LogP contribution in [0.5, 0.6) is 0 Å². The number of H-pyrrole nitrogens is 1. The van der Waals surface area contributed by atoms with Gasteiger partial charge in [0.1, 0.15) is 0 Å². The molecule has 1 radical (unpaired) electrons. The smallest absolute Gasteiger partial charge is 0.250 e. The summed E-state index contributed by atoms with van der Waals surface area (Å²) in [6, 6.07) is 7.23. The van der Waals surface area contributed by atoms with Crippen molar-refractivity contribution in [2.24, 2.45) is 5.73 Å². The van der Waals surface area contributed by atoms with Crippen LogP contribution in [-0.2, 0) is 17.8 Å². The molecule has 0 aliphatic heterocycles. The van der Waals surface area contributed by atoms with Gasteiger partial charge in [-0.05, 0) is 41.8 Å². The molecule has 0 saturated heterocycles. The molecule has 7 heteroatoms. The van der Waals surface area contributed by atoms with Crippen molar-refractivity contribution in [3.8, 4) is 0 Å². The van der Waals surface area contributed by atoms with Gasteiger partial charge in [0, 0.05) is 24.3 Å². The zero-order valence-electron chi connectivity index (χ0n) is 12.8. The molecule has 7 nitrogen and oxygen atoms in total. The lowest BCUT2D eigenvalue weighted by atomic mass is 10.0. The number of aromatic amines is 1. The zero-order valence-corrected chi connectivity index (χ0v) is 12.8. The number of hydrogen-bond donors (Lipinski definition) is 3. The quantitative estimate of drug-likeness (QED) is 0.631. The van der Waals surface area contributed by atoms with E-state index in [-0.39, 0.29) is 5.91 Å². The van der Waals surface area contributed by atoms with Crippen LogP contribution in [0.1, 0.15) is 21.5 Å². The highest BCUT2D eigenvalue weighted by Crippen LogP contribution is 2.19. The van der Waals surface area contributed by atoms with E-state index < -0.39 is 5.91 Å². The fraction of sp³-hybridized carbons (Fsp3) is 0.118. The molecule has 0 atom stereocenters. The van der Waals surface area contributed by atoms with Crippen LogP contribution in [-0.4, -0.2) is 27.0 Å². The van der Waals surface area contributed by atoms with Gasteiger partial charge in [-0.3, -0.25) is 19.7 Å². The summed E-state index contributed by atoms with van der Waals surface area (Å²) in [5, 5.41) is 10.3. The molecule has 0 unspecified atom stereocenters. The molecule has 24 heavy (non-hydrogen) atoms. The van der Waals surface area contributed by atoms with Crippen LogP contribution < -0.4 is 11.1 Å². The minimum atomic E-state index is -0.534. The Morgan fingerprint density at radius 3 is 2.75 bits per heavy atom. The number of nitrogens with one attached hydrogen (secondary N) is 2. The Morgan fingerprint density at radius 1 is 1.21 bits per heavy atom. The maximum absolute atomic E-state index is 11.9. The van der Waals surface area contributed by atoms with Crippen molar-refractivity contribution in [3.05, 3.63) is 66.0 Å². The predicted octanol–water partition coefficient (Wildman–Crippen LogP) is 1.12. The standard InChI is InChI=1S/C17H16N5O2/c18-17(24)14-8-12(7-13-10-21-22-16(13)14)1-2-15(23)20-9-11-3-5-19-6-4-11/h2-8,10H,1,9H2,(H2,18,24)(H,20,23)(H,21,22). The molecule has 0 aliphatic carbocycles. The van der Waals surface area contributed by atoms with Gasteiger partial charge < -0.3 is 11.1 Å². The first-order chi connectivity index (χ1) is 11.6. The number of amides is 2. The average Bonchev–Trinajstić information content (AvgIpc) is 3.06. The SMILES string of the molecule is NC(=O)c1cc(C[CH]C(=O)NCc2ccncc2)cc2cn[nH]c12. The third-order valence-corrected chi connectivity index (χ3v) is 3.61. The molecule has 3 aromatic rings. The molecule has 0 saturated carbocycles. The summed E-state index contributed by atoms with van der Waals surface area (Å²) >= 11 is 0. The van der Waals surface area contributed by atoms with Gasteiger partial charge in [-0.2, -0.15) is 5.10 Å². The molecular weight excluding hydrogens is 306 g/mol. The highest BCUT2D eigenvalue weighted by Gasteiger charge is 2.11. The molecule has 2 heterocycles. The van der Waals surface area contributed by atoms with Crippen LogP contribution in [0.25, 0.3) is 10.9 Å². The Hall–Kier alpha value is -3.22. The van der Waals surface area contributed by atoms with Crippen molar-refractivity contribution < 1.29 is 9.59 Å². The molecule has 0 spiro atoms.